The van der Waals surface area contributed by atoms with Crippen LogP contribution in [0, 0.1) is 6.92 Å². The molecular formula is C16H20N2O. The lowest BCUT2D eigenvalue weighted by Gasteiger charge is -2.16. The Morgan fingerprint density at radius 2 is 1.95 bits per heavy atom. The number of aliphatic hydroxyl groups is 1. The van der Waals surface area contributed by atoms with Gasteiger partial charge < -0.3 is 10.4 Å². The van der Waals surface area contributed by atoms with E-state index in [-0.39, 0.29) is 12.6 Å². The molecule has 100 valence electrons. The van der Waals surface area contributed by atoms with E-state index in [9.17, 15) is 5.11 Å². The fourth-order valence-corrected chi connectivity index (χ4v) is 1.95. The van der Waals surface area contributed by atoms with Crippen LogP contribution in [0.1, 0.15) is 16.8 Å². The highest BCUT2D eigenvalue weighted by molar-refractivity contribution is 5.16. The normalized spacial score (nSPS) is 12.3. The summed E-state index contributed by atoms with van der Waals surface area (Å²) in [5.41, 5.74) is 3.38. The predicted molar refractivity (Wildman–Crippen MR) is 76.8 cm³/mol. The maximum absolute atomic E-state index is 9.43. The molecule has 0 fully saturated rings. The third-order valence-electron chi connectivity index (χ3n) is 3.09. The molecule has 0 amide bonds. The molecule has 0 spiro atoms. The first kappa shape index (κ1) is 13.7. The van der Waals surface area contributed by atoms with Crippen LogP contribution >= 0.6 is 0 Å². The minimum absolute atomic E-state index is 0.0607. The second-order valence-electron chi connectivity index (χ2n) is 4.78. The Labute approximate surface area is 114 Å². The number of pyridine rings is 1. The highest BCUT2D eigenvalue weighted by Gasteiger charge is 2.08. The van der Waals surface area contributed by atoms with Crippen molar-refractivity contribution in [2.75, 3.05) is 6.61 Å². The van der Waals surface area contributed by atoms with Crippen LogP contribution < -0.4 is 5.32 Å². The molecule has 1 aromatic heterocycles. The maximum Gasteiger partial charge on any atom is 0.0588 e. The van der Waals surface area contributed by atoms with E-state index in [1.54, 1.807) is 0 Å². The summed E-state index contributed by atoms with van der Waals surface area (Å²) in [6, 6.07) is 14.3. The summed E-state index contributed by atoms with van der Waals surface area (Å²) in [7, 11) is 0. The van der Waals surface area contributed by atoms with Crippen LogP contribution in [0.2, 0.25) is 0 Å². The van der Waals surface area contributed by atoms with Gasteiger partial charge in [0.25, 0.3) is 0 Å². The Kier molecular flexibility index (Phi) is 5.07. The largest absolute Gasteiger partial charge is 0.395 e. The standard InChI is InChI=1S/C16H20N2O/c1-13-7-8-15(17-10-13)11-18-16(12-19)9-14-5-3-2-4-6-14/h2-8,10,16,18-19H,9,11-12H2,1H3. The summed E-state index contributed by atoms with van der Waals surface area (Å²) >= 11 is 0. The third-order valence-corrected chi connectivity index (χ3v) is 3.09. The molecule has 2 aromatic rings. The molecule has 0 radical (unpaired) electrons. The minimum atomic E-state index is 0.0607. The lowest BCUT2D eigenvalue weighted by molar-refractivity contribution is 0.240. The number of hydrogen-bond donors (Lipinski definition) is 2. The number of rotatable bonds is 6. The van der Waals surface area contributed by atoms with Gasteiger partial charge in [-0.25, -0.2) is 0 Å². The number of aliphatic hydroxyl groups excluding tert-OH is 1. The third kappa shape index (κ3) is 4.47. The smallest absolute Gasteiger partial charge is 0.0588 e. The van der Waals surface area contributed by atoms with Crippen molar-refractivity contribution in [2.45, 2.75) is 25.9 Å². The summed E-state index contributed by atoms with van der Waals surface area (Å²) in [5.74, 6) is 0. The number of benzene rings is 1. The second kappa shape index (κ2) is 7.02. The average molecular weight is 256 g/mol. The molecule has 1 unspecified atom stereocenters. The molecule has 3 nitrogen and oxygen atoms in total. The van der Waals surface area contributed by atoms with Crippen molar-refractivity contribution in [2.24, 2.45) is 0 Å². The fourth-order valence-electron chi connectivity index (χ4n) is 1.95. The molecule has 19 heavy (non-hydrogen) atoms. The van der Waals surface area contributed by atoms with Gasteiger partial charge in [0.05, 0.1) is 12.3 Å². The van der Waals surface area contributed by atoms with Crippen molar-refractivity contribution >= 4 is 0 Å². The molecular weight excluding hydrogens is 236 g/mol. The first-order chi connectivity index (χ1) is 9.28. The Morgan fingerprint density at radius 3 is 2.58 bits per heavy atom. The summed E-state index contributed by atoms with van der Waals surface area (Å²) in [6.45, 7) is 2.83. The Morgan fingerprint density at radius 1 is 1.16 bits per heavy atom. The zero-order chi connectivity index (χ0) is 13.5. The first-order valence-electron chi connectivity index (χ1n) is 6.57. The van der Waals surface area contributed by atoms with Gasteiger partial charge in [-0.1, -0.05) is 36.4 Å². The van der Waals surface area contributed by atoms with E-state index in [1.165, 1.54) is 5.56 Å². The van der Waals surface area contributed by atoms with Gasteiger partial charge in [-0.3, -0.25) is 4.98 Å². The van der Waals surface area contributed by atoms with E-state index in [2.05, 4.69) is 28.5 Å². The molecule has 0 bridgehead atoms. The molecule has 1 aromatic carbocycles. The topological polar surface area (TPSA) is 45.1 Å². The Hall–Kier alpha value is -1.71. The SMILES string of the molecule is Cc1ccc(CNC(CO)Cc2ccccc2)nc1. The minimum Gasteiger partial charge on any atom is -0.395 e. The molecule has 0 aliphatic carbocycles. The molecule has 0 saturated carbocycles. The number of hydrogen-bond acceptors (Lipinski definition) is 3. The van der Waals surface area contributed by atoms with Crippen LogP contribution in [0.3, 0.4) is 0 Å². The number of nitrogens with one attached hydrogen (secondary N) is 1. The summed E-state index contributed by atoms with van der Waals surface area (Å²) in [4.78, 5) is 4.35. The molecule has 0 aliphatic rings. The van der Waals surface area contributed by atoms with E-state index in [1.807, 2.05) is 37.4 Å². The van der Waals surface area contributed by atoms with E-state index in [0.29, 0.717) is 6.54 Å². The lowest BCUT2D eigenvalue weighted by Crippen LogP contribution is -2.34. The van der Waals surface area contributed by atoms with Gasteiger partial charge in [0.1, 0.15) is 0 Å². The van der Waals surface area contributed by atoms with Crippen molar-refractivity contribution in [3.63, 3.8) is 0 Å². The molecule has 3 heteroatoms. The van der Waals surface area contributed by atoms with Crippen LogP contribution in [-0.2, 0) is 13.0 Å². The summed E-state index contributed by atoms with van der Waals surface area (Å²) in [6.07, 6.45) is 2.69. The van der Waals surface area contributed by atoms with Gasteiger partial charge in [0.2, 0.25) is 0 Å². The zero-order valence-electron chi connectivity index (χ0n) is 11.2. The summed E-state index contributed by atoms with van der Waals surface area (Å²) in [5, 5.41) is 12.8. The van der Waals surface area contributed by atoms with Crippen molar-refractivity contribution in [3.8, 4) is 0 Å². The summed E-state index contributed by atoms with van der Waals surface area (Å²) < 4.78 is 0. The number of nitrogens with zero attached hydrogens (tertiary/aromatic N) is 1. The molecule has 0 saturated heterocycles. The van der Waals surface area contributed by atoms with Crippen LogP contribution in [0.4, 0.5) is 0 Å². The molecule has 1 atom stereocenters. The predicted octanol–water partition coefficient (Wildman–Crippen LogP) is 2.08. The molecule has 2 rings (SSSR count). The van der Waals surface area contributed by atoms with E-state index >= 15 is 0 Å². The zero-order valence-corrected chi connectivity index (χ0v) is 11.2. The van der Waals surface area contributed by atoms with Crippen LogP contribution in [0.15, 0.2) is 48.7 Å². The molecule has 1 heterocycles. The second-order valence-corrected chi connectivity index (χ2v) is 4.78. The molecule has 2 N–H and O–H groups in total. The van der Waals surface area contributed by atoms with E-state index in [4.69, 9.17) is 0 Å². The lowest BCUT2D eigenvalue weighted by atomic mass is 10.1. The monoisotopic (exact) mass is 256 g/mol. The van der Waals surface area contributed by atoms with Crippen LogP contribution in [0.25, 0.3) is 0 Å². The molecule has 0 aliphatic heterocycles. The number of aryl methyl sites for hydroxylation is 1. The van der Waals surface area contributed by atoms with Gasteiger partial charge >= 0.3 is 0 Å². The van der Waals surface area contributed by atoms with Gasteiger partial charge in [-0.2, -0.15) is 0 Å². The van der Waals surface area contributed by atoms with E-state index < -0.39 is 0 Å². The Bertz CT molecular complexity index is 482. The van der Waals surface area contributed by atoms with E-state index in [0.717, 1.165) is 17.7 Å². The van der Waals surface area contributed by atoms with Crippen LogP contribution in [0.5, 0.6) is 0 Å². The highest BCUT2D eigenvalue weighted by Crippen LogP contribution is 2.04. The quantitative estimate of drug-likeness (QED) is 0.832. The highest BCUT2D eigenvalue weighted by atomic mass is 16.3. The van der Waals surface area contributed by atoms with Crippen molar-refractivity contribution in [3.05, 3.63) is 65.5 Å². The van der Waals surface area contributed by atoms with Gasteiger partial charge in [-0.15, -0.1) is 0 Å². The average Bonchev–Trinajstić information content (AvgIpc) is 2.46. The van der Waals surface area contributed by atoms with Crippen LogP contribution in [-0.4, -0.2) is 22.7 Å². The van der Waals surface area contributed by atoms with Crippen molar-refractivity contribution in [1.29, 1.82) is 0 Å². The maximum atomic E-state index is 9.43. The Balaban J connectivity index is 1.87. The fraction of sp³-hybridized carbons (Fsp3) is 0.312. The van der Waals surface area contributed by atoms with Crippen molar-refractivity contribution in [1.82, 2.24) is 10.3 Å². The number of aromatic nitrogens is 1. The van der Waals surface area contributed by atoms with Crippen molar-refractivity contribution < 1.29 is 5.11 Å². The van der Waals surface area contributed by atoms with Gasteiger partial charge in [0, 0.05) is 18.8 Å². The van der Waals surface area contributed by atoms with Gasteiger partial charge in [-0.05, 0) is 30.5 Å². The van der Waals surface area contributed by atoms with Gasteiger partial charge in [0.15, 0.2) is 0 Å². The first-order valence-corrected chi connectivity index (χ1v) is 6.57.